The summed E-state index contributed by atoms with van der Waals surface area (Å²) in [6.07, 6.45) is 2.56. The third kappa shape index (κ3) is 2.75. The molecule has 0 fully saturated rings. The van der Waals surface area contributed by atoms with Crippen LogP contribution in [0.3, 0.4) is 0 Å². The number of rotatable bonds is 3. The summed E-state index contributed by atoms with van der Waals surface area (Å²) in [4.78, 5) is 14.1. The number of benzene rings is 1. The van der Waals surface area contributed by atoms with Crippen molar-refractivity contribution in [3.05, 3.63) is 52.5 Å². The van der Waals surface area contributed by atoms with Gasteiger partial charge < -0.3 is 5.32 Å². The van der Waals surface area contributed by atoms with E-state index < -0.39 is 0 Å². The highest BCUT2D eigenvalue weighted by molar-refractivity contribution is 8.00. The number of nitrogens with one attached hydrogen (secondary N) is 1. The predicted molar refractivity (Wildman–Crippen MR) is 91.0 cm³/mol. The fraction of sp³-hybridized carbons (Fsp3) is 0.200. The topological polar surface area (TPSA) is 72.7 Å². The summed E-state index contributed by atoms with van der Waals surface area (Å²) in [7, 11) is 0. The van der Waals surface area contributed by atoms with Crippen molar-refractivity contribution < 1.29 is 4.79 Å². The Balaban J connectivity index is 1.62. The van der Waals surface area contributed by atoms with Crippen molar-refractivity contribution in [1.82, 2.24) is 20.2 Å². The number of aryl methyl sites for hydroxylation is 1. The van der Waals surface area contributed by atoms with Gasteiger partial charge in [-0.3, -0.25) is 4.79 Å². The van der Waals surface area contributed by atoms with Gasteiger partial charge in [-0.05, 0) is 51.7 Å². The van der Waals surface area contributed by atoms with Gasteiger partial charge in [0.2, 0.25) is 5.91 Å². The third-order valence-corrected chi connectivity index (χ3v) is 5.91. The van der Waals surface area contributed by atoms with Crippen LogP contribution in [0.4, 0.5) is 5.69 Å². The number of para-hydroxylation sites is 2. The number of carbonyl (C=O) groups excluding carboxylic acids is 1. The van der Waals surface area contributed by atoms with Gasteiger partial charge in [0, 0.05) is 4.88 Å². The second-order valence-electron chi connectivity index (χ2n) is 5.06. The van der Waals surface area contributed by atoms with E-state index in [4.69, 9.17) is 0 Å². The quantitative estimate of drug-likeness (QED) is 0.791. The van der Waals surface area contributed by atoms with Crippen LogP contribution in [-0.4, -0.2) is 31.9 Å². The number of tetrazole rings is 1. The van der Waals surface area contributed by atoms with Gasteiger partial charge in [0.15, 0.2) is 0 Å². The van der Waals surface area contributed by atoms with E-state index in [1.54, 1.807) is 27.8 Å². The van der Waals surface area contributed by atoms with Crippen LogP contribution in [0.15, 0.2) is 42.0 Å². The van der Waals surface area contributed by atoms with E-state index in [9.17, 15) is 4.79 Å². The average Bonchev–Trinajstić information content (AvgIpc) is 3.26. The standard InChI is InChI=1S/C15H13N5OS2/c21-15(14-10-5-7-22-13(10)6-8-23-14)17-11-3-1-2-4-12(11)20-9-16-18-19-20/h1-5,7,9,14H,6,8H2,(H,17,21). The molecular formula is C15H13N5OS2. The van der Waals surface area contributed by atoms with Crippen LogP contribution in [0, 0.1) is 0 Å². The van der Waals surface area contributed by atoms with Crippen LogP contribution >= 0.6 is 23.1 Å². The molecule has 3 heterocycles. The number of aromatic nitrogens is 4. The summed E-state index contributed by atoms with van der Waals surface area (Å²) in [6, 6.07) is 9.56. The molecule has 1 aromatic carbocycles. The van der Waals surface area contributed by atoms with Crippen LogP contribution in [0.5, 0.6) is 0 Å². The number of thioether (sulfide) groups is 1. The van der Waals surface area contributed by atoms with Crippen LogP contribution in [0.25, 0.3) is 5.69 Å². The number of thiophene rings is 1. The molecule has 0 spiro atoms. The number of fused-ring (bicyclic) bond motifs is 1. The van der Waals surface area contributed by atoms with E-state index in [0.717, 1.165) is 23.4 Å². The van der Waals surface area contributed by atoms with Crippen molar-refractivity contribution in [1.29, 1.82) is 0 Å². The Hall–Kier alpha value is -2.19. The zero-order chi connectivity index (χ0) is 15.6. The summed E-state index contributed by atoms with van der Waals surface area (Å²) in [5, 5.41) is 16.1. The van der Waals surface area contributed by atoms with Crippen LogP contribution < -0.4 is 5.32 Å². The molecule has 1 unspecified atom stereocenters. The molecule has 1 amide bonds. The summed E-state index contributed by atoms with van der Waals surface area (Å²) >= 11 is 3.42. The molecule has 4 rings (SSSR count). The van der Waals surface area contributed by atoms with Gasteiger partial charge in [0.25, 0.3) is 0 Å². The van der Waals surface area contributed by atoms with Gasteiger partial charge in [0.1, 0.15) is 11.6 Å². The van der Waals surface area contributed by atoms with Crippen LogP contribution in [0.2, 0.25) is 0 Å². The van der Waals surface area contributed by atoms with Gasteiger partial charge >= 0.3 is 0 Å². The number of anilines is 1. The smallest absolute Gasteiger partial charge is 0.242 e. The number of hydrogen-bond donors (Lipinski definition) is 1. The number of nitrogens with zero attached hydrogens (tertiary/aromatic N) is 4. The van der Waals surface area contributed by atoms with E-state index in [2.05, 4.69) is 32.3 Å². The predicted octanol–water partition coefficient (Wildman–Crippen LogP) is 2.69. The first-order chi connectivity index (χ1) is 11.3. The first-order valence-corrected chi connectivity index (χ1v) is 9.07. The molecule has 116 valence electrons. The fourth-order valence-corrected chi connectivity index (χ4v) is 4.91. The lowest BCUT2D eigenvalue weighted by atomic mass is 10.1. The maximum atomic E-state index is 12.8. The molecule has 0 bridgehead atoms. The lowest BCUT2D eigenvalue weighted by Crippen LogP contribution is -2.22. The summed E-state index contributed by atoms with van der Waals surface area (Å²) in [5.74, 6) is 0.968. The molecule has 1 aliphatic heterocycles. The molecule has 1 aliphatic rings. The maximum Gasteiger partial charge on any atom is 0.242 e. The largest absolute Gasteiger partial charge is 0.323 e. The van der Waals surface area contributed by atoms with E-state index in [-0.39, 0.29) is 11.2 Å². The van der Waals surface area contributed by atoms with Gasteiger partial charge in [-0.15, -0.1) is 28.2 Å². The lowest BCUT2D eigenvalue weighted by Gasteiger charge is -2.22. The highest BCUT2D eigenvalue weighted by Gasteiger charge is 2.28. The van der Waals surface area contributed by atoms with Crippen molar-refractivity contribution in [3.63, 3.8) is 0 Å². The second kappa shape index (κ2) is 6.13. The van der Waals surface area contributed by atoms with Gasteiger partial charge in [0.05, 0.1) is 11.4 Å². The Labute approximate surface area is 140 Å². The molecular weight excluding hydrogens is 330 g/mol. The zero-order valence-corrected chi connectivity index (χ0v) is 13.7. The van der Waals surface area contributed by atoms with E-state index in [1.807, 2.05) is 24.3 Å². The fourth-order valence-electron chi connectivity index (χ4n) is 2.61. The van der Waals surface area contributed by atoms with Gasteiger partial charge in [-0.2, -0.15) is 4.68 Å². The molecule has 6 nitrogen and oxygen atoms in total. The molecule has 0 saturated carbocycles. The lowest BCUT2D eigenvalue weighted by molar-refractivity contribution is -0.115. The molecule has 0 aliphatic carbocycles. The Bertz CT molecular complexity index is 830. The van der Waals surface area contributed by atoms with Crippen molar-refractivity contribution in [3.8, 4) is 5.69 Å². The minimum absolute atomic E-state index is 0.00475. The third-order valence-electron chi connectivity index (χ3n) is 3.67. The molecule has 8 heteroatoms. The van der Waals surface area contributed by atoms with Crippen LogP contribution in [0.1, 0.15) is 15.7 Å². The van der Waals surface area contributed by atoms with E-state index in [1.165, 1.54) is 11.2 Å². The number of carbonyl (C=O) groups is 1. The highest BCUT2D eigenvalue weighted by Crippen LogP contribution is 2.40. The minimum atomic E-state index is -0.160. The first kappa shape index (κ1) is 14.4. The van der Waals surface area contributed by atoms with Crippen molar-refractivity contribution >= 4 is 34.7 Å². The molecule has 1 N–H and O–H groups in total. The van der Waals surface area contributed by atoms with Crippen LogP contribution in [-0.2, 0) is 11.2 Å². The molecule has 2 aromatic heterocycles. The second-order valence-corrected chi connectivity index (χ2v) is 7.27. The summed E-state index contributed by atoms with van der Waals surface area (Å²) in [6.45, 7) is 0. The summed E-state index contributed by atoms with van der Waals surface area (Å²) in [5.41, 5.74) is 2.59. The SMILES string of the molecule is O=C(Nc1ccccc1-n1cnnn1)C1SCCc2sccc21. The van der Waals surface area contributed by atoms with Gasteiger partial charge in [-0.1, -0.05) is 12.1 Å². The Morgan fingerprint density at radius 3 is 3.09 bits per heavy atom. The monoisotopic (exact) mass is 343 g/mol. The summed E-state index contributed by atoms with van der Waals surface area (Å²) < 4.78 is 1.54. The molecule has 23 heavy (non-hydrogen) atoms. The van der Waals surface area contributed by atoms with Crippen molar-refractivity contribution in [2.24, 2.45) is 0 Å². The molecule has 3 aromatic rings. The Morgan fingerprint density at radius 2 is 2.22 bits per heavy atom. The van der Waals surface area contributed by atoms with E-state index in [0.29, 0.717) is 5.69 Å². The maximum absolute atomic E-state index is 12.8. The van der Waals surface area contributed by atoms with Crippen molar-refractivity contribution in [2.75, 3.05) is 11.1 Å². The highest BCUT2D eigenvalue weighted by atomic mass is 32.2. The number of amides is 1. The normalized spacial score (nSPS) is 16.8. The van der Waals surface area contributed by atoms with E-state index >= 15 is 0 Å². The molecule has 0 radical (unpaired) electrons. The minimum Gasteiger partial charge on any atom is -0.323 e. The first-order valence-electron chi connectivity index (χ1n) is 7.14. The number of hydrogen-bond acceptors (Lipinski definition) is 6. The average molecular weight is 343 g/mol. The van der Waals surface area contributed by atoms with Gasteiger partial charge in [-0.25, -0.2) is 0 Å². The molecule has 1 atom stereocenters. The Kier molecular flexibility index (Phi) is 3.84. The zero-order valence-electron chi connectivity index (χ0n) is 12.0. The Morgan fingerprint density at radius 1 is 1.30 bits per heavy atom. The molecule has 0 saturated heterocycles. The van der Waals surface area contributed by atoms with Crippen molar-refractivity contribution in [2.45, 2.75) is 11.7 Å².